The fourth-order valence-corrected chi connectivity index (χ4v) is 0.856. The lowest BCUT2D eigenvalue weighted by Gasteiger charge is -2.22. The Labute approximate surface area is 139 Å². The molecule has 0 saturated heterocycles. The molecular weight excluding hydrogens is 352 g/mol. The van der Waals surface area contributed by atoms with E-state index in [1.54, 1.807) is 6.92 Å². The molecule has 1 aromatic rings. The molecule has 25 heavy (non-hydrogen) atoms. The number of aromatic nitrogens is 2. The van der Waals surface area contributed by atoms with E-state index in [-0.39, 0.29) is 12.2 Å². The highest BCUT2D eigenvalue weighted by Crippen LogP contribution is 2.17. The highest BCUT2D eigenvalue weighted by Gasteiger charge is 2.47. The number of rotatable bonds is 5. The van der Waals surface area contributed by atoms with Crippen molar-refractivity contribution >= 4 is 17.8 Å². The Kier molecular flexibility index (Phi) is 11.9. The molecule has 0 bridgehead atoms. The number of alkyl halides is 1. The molecule has 0 amide bonds. The molecule has 13 heteroatoms. The zero-order chi connectivity index (χ0) is 20.2. The van der Waals surface area contributed by atoms with E-state index >= 15 is 0 Å². The van der Waals surface area contributed by atoms with Crippen LogP contribution in [0.4, 0.5) is 14.6 Å². The summed E-state index contributed by atoms with van der Waals surface area (Å²) in [7, 11) is 0. The summed E-state index contributed by atoms with van der Waals surface area (Å²) in [5, 5.41) is 41.1. The number of hydrogen-bond donors (Lipinski definition) is 7. The minimum atomic E-state index is -4.18. The topological polar surface area (TPSA) is 207 Å². The molecule has 3 atom stereocenters. The van der Waals surface area contributed by atoms with E-state index in [4.69, 9.17) is 31.3 Å². The number of carbonyl (C=O) groups excluding carboxylic acids is 1. The van der Waals surface area contributed by atoms with Crippen LogP contribution in [0.15, 0.2) is 17.1 Å². The van der Waals surface area contributed by atoms with Crippen molar-refractivity contribution in [1.29, 1.82) is 0 Å². The van der Waals surface area contributed by atoms with E-state index in [2.05, 4.69) is 9.97 Å². The molecule has 0 aliphatic heterocycles. The summed E-state index contributed by atoms with van der Waals surface area (Å²) in [6, 6.07) is -1.32. The van der Waals surface area contributed by atoms with Gasteiger partial charge in [0, 0.05) is 12.6 Å². The average Bonchev–Trinajstić information content (AvgIpc) is 2.54. The largest absolute Gasteiger partial charge is 0.481 e. The molecule has 0 spiro atoms. The smallest absolute Gasteiger partial charge is 0.368 e. The fraction of sp³-hybridized carbons (Fsp3) is 0.500. The zero-order valence-corrected chi connectivity index (χ0v) is 13.0. The van der Waals surface area contributed by atoms with E-state index < -0.39 is 42.4 Å². The Morgan fingerprint density at radius 3 is 2.16 bits per heavy atom. The molecule has 1 aromatic heterocycles. The van der Waals surface area contributed by atoms with Gasteiger partial charge in [0.15, 0.2) is 6.10 Å². The van der Waals surface area contributed by atoms with Gasteiger partial charge in [-0.1, -0.05) is 6.92 Å². The van der Waals surface area contributed by atoms with Gasteiger partial charge in [0.25, 0.3) is 0 Å². The van der Waals surface area contributed by atoms with Crippen molar-refractivity contribution < 1.29 is 43.9 Å². The van der Waals surface area contributed by atoms with Crippen LogP contribution in [-0.4, -0.2) is 72.2 Å². The Bertz CT molecular complexity index is 596. The SMILES string of the molecule is CCC(=O)O.Nc1cc[nH]c(=O)n1.O=C(F)[C@@](O)(F)C(O)C(O)CO. The second-order valence-corrected chi connectivity index (χ2v) is 4.21. The Hall–Kier alpha value is -2.48. The lowest BCUT2D eigenvalue weighted by molar-refractivity contribution is -0.215. The standard InChI is InChI=1S/C5H8F2O5.C4H5N3O.C3H6O2/c6-4(11)5(7,12)3(10)2(9)1-8;5-3-1-2-6-4(8)7-3;1-2-3(4)5/h2-3,8-10,12H,1H2;1-2H,(H3,5,6,7,8);2H2,1H3,(H,4,5)/t2?,3?,5-;;/m1../s1. The van der Waals surface area contributed by atoms with Gasteiger partial charge in [-0.15, -0.1) is 0 Å². The quantitative estimate of drug-likeness (QED) is 0.275. The number of halogens is 2. The molecule has 0 radical (unpaired) electrons. The van der Waals surface area contributed by atoms with Crippen molar-refractivity contribution in [3.05, 3.63) is 22.7 Å². The number of nitrogens with two attached hydrogens (primary N) is 1. The number of carboxylic acids is 1. The number of aliphatic carboxylic acids is 1. The number of hydrogen-bond acceptors (Lipinski definition) is 9. The average molecular weight is 371 g/mol. The van der Waals surface area contributed by atoms with E-state index in [9.17, 15) is 23.2 Å². The summed E-state index contributed by atoms with van der Waals surface area (Å²) in [5.74, 6) is -4.68. The van der Waals surface area contributed by atoms with Crippen molar-refractivity contribution in [3.8, 4) is 0 Å². The van der Waals surface area contributed by atoms with Crippen LogP contribution in [0.1, 0.15) is 13.3 Å². The molecule has 11 nitrogen and oxygen atoms in total. The van der Waals surface area contributed by atoms with Crippen molar-refractivity contribution in [2.75, 3.05) is 12.3 Å². The van der Waals surface area contributed by atoms with Crippen LogP contribution in [0, 0.1) is 0 Å². The van der Waals surface area contributed by atoms with Gasteiger partial charge in [-0.3, -0.25) is 9.59 Å². The van der Waals surface area contributed by atoms with Gasteiger partial charge in [-0.05, 0) is 6.07 Å². The summed E-state index contributed by atoms with van der Waals surface area (Å²) in [6.07, 6.45) is -3.16. The predicted octanol–water partition coefficient (Wildman–Crippen LogP) is -2.31. The van der Waals surface area contributed by atoms with Gasteiger partial charge >= 0.3 is 23.6 Å². The zero-order valence-electron chi connectivity index (χ0n) is 13.0. The van der Waals surface area contributed by atoms with Crippen LogP contribution in [0.25, 0.3) is 0 Å². The van der Waals surface area contributed by atoms with Crippen molar-refractivity contribution in [2.24, 2.45) is 0 Å². The molecule has 8 N–H and O–H groups in total. The third-order valence-electron chi connectivity index (χ3n) is 2.21. The van der Waals surface area contributed by atoms with Crippen molar-refractivity contribution in [3.63, 3.8) is 0 Å². The minimum Gasteiger partial charge on any atom is -0.481 e. The van der Waals surface area contributed by atoms with Crippen molar-refractivity contribution in [1.82, 2.24) is 9.97 Å². The molecule has 1 heterocycles. The van der Waals surface area contributed by atoms with E-state index in [1.165, 1.54) is 12.3 Å². The number of nitrogens with zero attached hydrogens (tertiary/aromatic N) is 1. The molecule has 1 rings (SSSR count). The first kappa shape index (κ1) is 24.8. The molecule has 0 saturated carbocycles. The fourth-order valence-electron chi connectivity index (χ4n) is 0.856. The van der Waals surface area contributed by atoms with Gasteiger partial charge in [-0.25, -0.2) is 4.79 Å². The third-order valence-corrected chi connectivity index (χ3v) is 2.21. The van der Waals surface area contributed by atoms with E-state index in [0.29, 0.717) is 0 Å². The van der Waals surface area contributed by atoms with Gasteiger partial charge < -0.3 is 36.3 Å². The number of nitrogens with one attached hydrogen (secondary N) is 1. The van der Waals surface area contributed by atoms with Crippen LogP contribution in [0.2, 0.25) is 0 Å². The minimum absolute atomic E-state index is 0.222. The summed E-state index contributed by atoms with van der Waals surface area (Å²) < 4.78 is 24.0. The number of carboxylic acid groups (broad SMARTS) is 1. The first-order valence-electron chi connectivity index (χ1n) is 6.51. The number of carbonyl (C=O) groups is 2. The van der Waals surface area contributed by atoms with Gasteiger partial charge in [0.1, 0.15) is 11.9 Å². The summed E-state index contributed by atoms with van der Waals surface area (Å²) in [6.45, 7) is 0.489. The van der Waals surface area contributed by atoms with E-state index in [0.717, 1.165) is 0 Å². The number of aliphatic hydroxyl groups excluding tert-OH is 3. The number of nitrogen functional groups attached to an aromatic ring is 1. The molecule has 0 aliphatic rings. The summed E-state index contributed by atoms with van der Waals surface area (Å²) in [5.41, 5.74) is 4.72. The Morgan fingerprint density at radius 2 is 1.92 bits per heavy atom. The first-order chi connectivity index (χ1) is 11.4. The third kappa shape index (κ3) is 10.8. The highest BCUT2D eigenvalue weighted by atomic mass is 19.2. The molecule has 0 aliphatic carbocycles. The number of H-pyrrole nitrogens is 1. The molecule has 0 fully saturated rings. The summed E-state index contributed by atoms with van der Waals surface area (Å²) >= 11 is 0. The lowest BCUT2D eigenvalue weighted by Crippen LogP contribution is -2.51. The van der Waals surface area contributed by atoms with Gasteiger partial charge in [0.2, 0.25) is 0 Å². The summed E-state index contributed by atoms with van der Waals surface area (Å²) in [4.78, 5) is 35.0. The van der Waals surface area contributed by atoms with Crippen LogP contribution >= 0.6 is 0 Å². The van der Waals surface area contributed by atoms with Gasteiger partial charge in [0.05, 0.1) is 6.61 Å². The number of aromatic amines is 1. The molecule has 0 aromatic carbocycles. The number of anilines is 1. The monoisotopic (exact) mass is 371 g/mol. The Balaban J connectivity index is 0. The maximum atomic E-state index is 12.4. The predicted molar refractivity (Wildman–Crippen MR) is 78.5 cm³/mol. The highest BCUT2D eigenvalue weighted by molar-refractivity contribution is 5.76. The van der Waals surface area contributed by atoms with Crippen LogP contribution in [0.3, 0.4) is 0 Å². The lowest BCUT2D eigenvalue weighted by atomic mass is 10.1. The van der Waals surface area contributed by atoms with E-state index in [1.807, 2.05) is 0 Å². The first-order valence-corrected chi connectivity index (χ1v) is 6.51. The Morgan fingerprint density at radius 1 is 1.44 bits per heavy atom. The molecule has 144 valence electrons. The second-order valence-electron chi connectivity index (χ2n) is 4.21. The maximum absolute atomic E-state index is 12.4. The van der Waals surface area contributed by atoms with Crippen molar-refractivity contribution in [2.45, 2.75) is 31.4 Å². The number of aliphatic hydroxyl groups is 4. The normalized spacial score (nSPS) is 14.5. The van der Waals surface area contributed by atoms with Gasteiger partial charge in [-0.2, -0.15) is 13.8 Å². The maximum Gasteiger partial charge on any atom is 0.368 e. The van der Waals surface area contributed by atoms with Crippen LogP contribution in [0.5, 0.6) is 0 Å². The van der Waals surface area contributed by atoms with Crippen LogP contribution < -0.4 is 11.4 Å². The molecule has 2 unspecified atom stereocenters. The molecular formula is C12H19F2N3O8. The van der Waals surface area contributed by atoms with Crippen LogP contribution in [-0.2, 0) is 9.59 Å². The second kappa shape index (κ2) is 12.0.